The Morgan fingerprint density at radius 1 is 1.08 bits per heavy atom. The van der Waals surface area contributed by atoms with Gasteiger partial charge in [0.25, 0.3) is 0 Å². The molecule has 5 heteroatoms. The van der Waals surface area contributed by atoms with Crippen LogP contribution in [0.25, 0.3) is 0 Å². The lowest BCUT2D eigenvalue weighted by Crippen LogP contribution is -2.56. The highest BCUT2D eigenvalue weighted by Crippen LogP contribution is 2.36. The highest BCUT2D eigenvalue weighted by Gasteiger charge is 2.37. The Labute approximate surface area is 147 Å². The average molecular weight is 331 g/mol. The van der Waals surface area contributed by atoms with E-state index in [0.29, 0.717) is 6.42 Å². The van der Waals surface area contributed by atoms with E-state index in [1.807, 2.05) is 41.4 Å². The van der Waals surface area contributed by atoms with E-state index in [0.717, 1.165) is 17.8 Å². The Morgan fingerprint density at radius 2 is 1.92 bits per heavy atom. The second kappa shape index (κ2) is 6.27. The number of nitrogens with two attached hydrogens (primary N) is 2. The van der Waals surface area contributed by atoms with E-state index in [1.54, 1.807) is 12.4 Å². The SMILES string of the molecule is NC1C=Nc2ccccc2C1(N)Cc1cccc(Cn2ccnc2)c1. The largest absolute Gasteiger partial charge is 0.333 e. The first-order valence-electron chi connectivity index (χ1n) is 8.37. The van der Waals surface area contributed by atoms with Crippen LogP contribution in [0.15, 0.2) is 72.2 Å². The molecule has 0 aliphatic carbocycles. The molecule has 2 heterocycles. The Kier molecular flexibility index (Phi) is 3.95. The van der Waals surface area contributed by atoms with Gasteiger partial charge in [-0.2, -0.15) is 0 Å². The van der Waals surface area contributed by atoms with Crippen molar-refractivity contribution < 1.29 is 0 Å². The fraction of sp³-hybridized carbons (Fsp3) is 0.200. The maximum Gasteiger partial charge on any atom is 0.0949 e. The van der Waals surface area contributed by atoms with Crippen LogP contribution < -0.4 is 11.5 Å². The highest BCUT2D eigenvalue weighted by atomic mass is 15.0. The number of fused-ring (bicyclic) bond motifs is 1. The van der Waals surface area contributed by atoms with Crippen molar-refractivity contribution in [3.63, 3.8) is 0 Å². The quantitative estimate of drug-likeness (QED) is 0.770. The van der Waals surface area contributed by atoms with Crippen LogP contribution in [0.4, 0.5) is 5.69 Å². The van der Waals surface area contributed by atoms with Gasteiger partial charge in [-0.15, -0.1) is 0 Å². The first-order chi connectivity index (χ1) is 12.1. The zero-order valence-electron chi connectivity index (χ0n) is 13.9. The molecule has 1 aliphatic rings. The highest BCUT2D eigenvalue weighted by molar-refractivity contribution is 5.77. The molecule has 4 rings (SSSR count). The number of imidazole rings is 1. The number of benzene rings is 2. The van der Waals surface area contributed by atoms with Crippen LogP contribution in [0.1, 0.15) is 16.7 Å². The van der Waals surface area contributed by atoms with Crippen LogP contribution in [0.3, 0.4) is 0 Å². The molecule has 0 amide bonds. The summed E-state index contributed by atoms with van der Waals surface area (Å²) in [5, 5.41) is 0. The summed E-state index contributed by atoms with van der Waals surface area (Å²) in [4.78, 5) is 8.53. The number of nitrogens with zero attached hydrogens (tertiary/aromatic N) is 3. The Morgan fingerprint density at radius 3 is 2.76 bits per heavy atom. The molecule has 0 saturated heterocycles. The first kappa shape index (κ1) is 15.7. The Bertz CT molecular complexity index is 900. The maximum atomic E-state index is 6.80. The van der Waals surface area contributed by atoms with Gasteiger partial charge in [-0.05, 0) is 29.2 Å². The molecule has 0 bridgehead atoms. The molecule has 0 radical (unpaired) electrons. The second-order valence-corrected chi connectivity index (χ2v) is 6.59. The molecule has 1 aromatic heterocycles. The number of aromatic nitrogens is 2. The molecule has 126 valence electrons. The van der Waals surface area contributed by atoms with Crippen LogP contribution >= 0.6 is 0 Å². The van der Waals surface area contributed by atoms with E-state index < -0.39 is 5.54 Å². The summed E-state index contributed by atoms with van der Waals surface area (Å²) in [6, 6.07) is 16.1. The van der Waals surface area contributed by atoms with Gasteiger partial charge in [0, 0.05) is 25.2 Å². The van der Waals surface area contributed by atoms with E-state index in [4.69, 9.17) is 11.5 Å². The zero-order valence-corrected chi connectivity index (χ0v) is 13.9. The van der Waals surface area contributed by atoms with E-state index in [-0.39, 0.29) is 6.04 Å². The molecule has 3 aromatic rings. The second-order valence-electron chi connectivity index (χ2n) is 6.59. The minimum absolute atomic E-state index is 0.320. The number of hydrogen-bond donors (Lipinski definition) is 2. The third-order valence-electron chi connectivity index (χ3n) is 4.79. The van der Waals surface area contributed by atoms with Gasteiger partial charge in [-0.25, -0.2) is 4.98 Å². The topological polar surface area (TPSA) is 82.2 Å². The van der Waals surface area contributed by atoms with Crippen molar-refractivity contribution in [3.05, 3.63) is 83.9 Å². The summed E-state index contributed by atoms with van der Waals surface area (Å²) in [6.45, 7) is 0.787. The van der Waals surface area contributed by atoms with Gasteiger partial charge >= 0.3 is 0 Å². The monoisotopic (exact) mass is 331 g/mol. The molecule has 2 aromatic carbocycles. The molecule has 2 atom stereocenters. The van der Waals surface area contributed by atoms with Crippen LogP contribution in [0.2, 0.25) is 0 Å². The summed E-state index contributed by atoms with van der Waals surface area (Å²) >= 11 is 0. The normalized spacial score (nSPS) is 21.9. The molecule has 4 N–H and O–H groups in total. The lowest BCUT2D eigenvalue weighted by atomic mass is 9.77. The van der Waals surface area contributed by atoms with Crippen molar-refractivity contribution in [1.29, 1.82) is 0 Å². The summed E-state index contributed by atoms with van der Waals surface area (Å²) in [7, 11) is 0. The van der Waals surface area contributed by atoms with Crippen LogP contribution in [0.5, 0.6) is 0 Å². The maximum absolute atomic E-state index is 6.80. The third-order valence-corrected chi connectivity index (χ3v) is 4.79. The molecule has 5 nitrogen and oxygen atoms in total. The number of aliphatic imine (C=N–C) groups is 1. The molecular weight excluding hydrogens is 310 g/mol. The standard InChI is InChI=1S/C20H21N5/c21-19-12-24-18-7-2-1-6-17(18)20(19,22)11-15-4-3-5-16(10-15)13-25-9-8-23-14-25/h1-10,12,14,19H,11,13,21-22H2. The number of para-hydroxylation sites is 1. The van der Waals surface area contributed by atoms with Crippen molar-refractivity contribution in [1.82, 2.24) is 9.55 Å². The minimum atomic E-state index is -0.661. The molecule has 0 saturated carbocycles. The lowest BCUT2D eigenvalue weighted by molar-refractivity contribution is 0.410. The van der Waals surface area contributed by atoms with Gasteiger partial charge in [0.15, 0.2) is 0 Å². The molecule has 0 spiro atoms. The van der Waals surface area contributed by atoms with E-state index >= 15 is 0 Å². The fourth-order valence-corrected chi connectivity index (χ4v) is 3.43. The van der Waals surface area contributed by atoms with E-state index in [9.17, 15) is 0 Å². The summed E-state index contributed by atoms with van der Waals surface area (Å²) in [5.41, 5.74) is 16.8. The first-order valence-corrected chi connectivity index (χ1v) is 8.37. The van der Waals surface area contributed by atoms with Gasteiger partial charge < -0.3 is 16.0 Å². The number of rotatable bonds is 4. The Balaban J connectivity index is 1.64. The Hall–Kier alpha value is -2.76. The van der Waals surface area contributed by atoms with Gasteiger partial charge in [0.05, 0.1) is 23.6 Å². The molecule has 25 heavy (non-hydrogen) atoms. The average Bonchev–Trinajstić information content (AvgIpc) is 3.12. The molecule has 1 aliphatic heterocycles. The summed E-state index contributed by atoms with van der Waals surface area (Å²) < 4.78 is 2.05. The molecule has 0 fully saturated rings. The summed E-state index contributed by atoms with van der Waals surface area (Å²) in [6.07, 6.45) is 7.99. The van der Waals surface area contributed by atoms with Crippen LogP contribution in [-0.2, 0) is 18.5 Å². The van der Waals surface area contributed by atoms with Gasteiger partial charge in [-0.1, -0.05) is 42.5 Å². The van der Waals surface area contributed by atoms with Crippen molar-refractivity contribution in [2.75, 3.05) is 0 Å². The minimum Gasteiger partial charge on any atom is -0.333 e. The van der Waals surface area contributed by atoms with Crippen molar-refractivity contribution >= 4 is 11.9 Å². The smallest absolute Gasteiger partial charge is 0.0949 e. The fourth-order valence-electron chi connectivity index (χ4n) is 3.43. The van der Waals surface area contributed by atoms with E-state index in [1.165, 1.54) is 11.1 Å². The third kappa shape index (κ3) is 2.99. The molecule has 2 unspecified atom stereocenters. The van der Waals surface area contributed by atoms with Crippen molar-refractivity contribution in [3.8, 4) is 0 Å². The van der Waals surface area contributed by atoms with Gasteiger partial charge in [0.2, 0.25) is 0 Å². The van der Waals surface area contributed by atoms with Crippen molar-refractivity contribution in [2.24, 2.45) is 16.5 Å². The number of hydrogen-bond acceptors (Lipinski definition) is 4. The van der Waals surface area contributed by atoms with Gasteiger partial charge in [0.1, 0.15) is 0 Å². The van der Waals surface area contributed by atoms with Crippen LogP contribution in [0, 0.1) is 0 Å². The van der Waals surface area contributed by atoms with Crippen molar-refractivity contribution in [2.45, 2.75) is 24.5 Å². The summed E-state index contributed by atoms with van der Waals surface area (Å²) in [5.74, 6) is 0. The predicted octanol–water partition coefficient (Wildman–Crippen LogP) is 2.37. The predicted molar refractivity (Wildman–Crippen MR) is 99.9 cm³/mol. The zero-order chi connectivity index (χ0) is 17.3. The van der Waals surface area contributed by atoms with Crippen LogP contribution in [-0.4, -0.2) is 21.8 Å². The van der Waals surface area contributed by atoms with Gasteiger partial charge in [-0.3, -0.25) is 4.99 Å². The van der Waals surface area contributed by atoms with E-state index in [2.05, 4.69) is 34.2 Å². The lowest BCUT2D eigenvalue weighted by Gasteiger charge is -2.37. The molecular formula is C20H21N5.